The first-order chi connectivity index (χ1) is 9.70. The highest BCUT2D eigenvalue weighted by Crippen LogP contribution is 2.43. The van der Waals surface area contributed by atoms with Gasteiger partial charge in [-0.05, 0) is 17.2 Å². The highest BCUT2D eigenvalue weighted by Gasteiger charge is 2.30. The molecule has 0 bridgehead atoms. The molecule has 0 aliphatic carbocycles. The van der Waals surface area contributed by atoms with Crippen molar-refractivity contribution in [3.8, 4) is 11.5 Å². The normalized spacial score (nSPS) is 20.4. The minimum absolute atomic E-state index is 0. The fraction of sp³-hybridized carbons (Fsp3) is 0.250. The Labute approximate surface area is 129 Å². The fourth-order valence-electron chi connectivity index (χ4n) is 2.71. The van der Waals surface area contributed by atoms with Gasteiger partial charge < -0.3 is 20.7 Å². The Kier molecular flexibility index (Phi) is 4.73. The van der Waals surface area contributed by atoms with Crippen molar-refractivity contribution in [2.45, 2.75) is 18.6 Å². The van der Waals surface area contributed by atoms with Gasteiger partial charge in [-0.25, -0.2) is 0 Å². The quantitative estimate of drug-likeness (QED) is 0.746. The van der Waals surface area contributed by atoms with E-state index in [1.165, 1.54) is 6.07 Å². The Hall–Kier alpha value is -1.75. The molecule has 2 atom stereocenters. The standard InChI is InChI=1S/C16H17NO3.ClH/c17-9-15-11-6-7-13(18)16(19)12(11)8-14(20-15)10-4-2-1-3-5-10;/h1-7,14-15,18-19H,8-9,17H2;1H. The van der Waals surface area contributed by atoms with Crippen molar-refractivity contribution < 1.29 is 14.9 Å². The van der Waals surface area contributed by atoms with E-state index in [1.54, 1.807) is 6.07 Å². The van der Waals surface area contributed by atoms with Crippen molar-refractivity contribution >= 4 is 12.4 Å². The minimum atomic E-state index is -0.268. The molecule has 1 aliphatic heterocycles. The molecule has 0 amide bonds. The number of hydrogen-bond donors (Lipinski definition) is 3. The summed E-state index contributed by atoms with van der Waals surface area (Å²) in [4.78, 5) is 0. The number of ether oxygens (including phenoxy) is 1. The SMILES string of the molecule is Cl.NCC1OC(c2ccccc2)Cc2c1ccc(O)c2O. The van der Waals surface area contributed by atoms with Crippen LogP contribution >= 0.6 is 12.4 Å². The van der Waals surface area contributed by atoms with E-state index >= 15 is 0 Å². The molecule has 2 aromatic carbocycles. The molecule has 5 heteroatoms. The number of aromatic hydroxyl groups is 2. The average molecular weight is 308 g/mol. The first-order valence-corrected chi connectivity index (χ1v) is 6.65. The van der Waals surface area contributed by atoms with Gasteiger partial charge >= 0.3 is 0 Å². The second-order valence-electron chi connectivity index (χ2n) is 4.96. The lowest BCUT2D eigenvalue weighted by atomic mass is 9.90. The van der Waals surface area contributed by atoms with Crippen LogP contribution in [0, 0.1) is 0 Å². The number of fused-ring (bicyclic) bond motifs is 1. The van der Waals surface area contributed by atoms with E-state index in [9.17, 15) is 10.2 Å². The summed E-state index contributed by atoms with van der Waals surface area (Å²) >= 11 is 0. The largest absolute Gasteiger partial charge is 0.504 e. The van der Waals surface area contributed by atoms with Crippen LogP contribution in [0.1, 0.15) is 28.9 Å². The van der Waals surface area contributed by atoms with Gasteiger partial charge in [0.15, 0.2) is 11.5 Å². The third kappa shape index (κ3) is 2.83. The molecule has 0 aromatic heterocycles. The Bertz CT molecular complexity index is 618. The predicted octanol–water partition coefficient (Wildman–Crippen LogP) is 2.83. The van der Waals surface area contributed by atoms with E-state index in [4.69, 9.17) is 10.5 Å². The lowest BCUT2D eigenvalue weighted by Gasteiger charge is -2.32. The molecule has 4 nitrogen and oxygen atoms in total. The smallest absolute Gasteiger partial charge is 0.161 e. The number of phenolic OH excluding ortho intramolecular Hbond substituents is 2. The molecule has 2 unspecified atom stereocenters. The molecule has 112 valence electrons. The summed E-state index contributed by atoms with van der Waals surface area (Å²) in [5.74, 6) is -0.168. The number of halogens is 1. The second-order valence-corrected chi connectivity index (χ2v) is 4.96. The van der Waals surface area contributed by atoms with Crippen LogP contribution in [0.15, 0.2) is 42.5 Å². The highest BCUT2D eigenvalue weighted by atomic mass is 35.5. The molecule has 1 heterocycles. The second kappa shape index (κ2) is 6.35. The summed E-state index contributed by atoms with van der Waals surface area (Å²) in [5.41, 5.74) is 8.40. The summed E-state index contributed by atoms with van der Waals surface area (Å²) < 4.78 is 6.03. The van der Waals surface area contributed by atoms with Crippen LogP contribution in [0.4, 0.5) is 0 Å². The Balaban J connectivity index is 0.00000161. The first kappa shape index (κ1) is 15.6. The minimum Gasteiger partial charge on any atom is -0.504 e. The zero-order valence-corrected chi connectivity index (χ0v) is 12.2. The van der Waals surface area contributed by atoms with Crippen LogP contribution in [-0.4, -0.2) is 16.8 Å². The van der Waals surface area contributed by atoms with Gasteiger partial charge in [0.1, 0.15) is 0 Å². The van der Waals surface area contributed by atoms with Crippen LogP contribution in [0.5, 0.6) is 11.5 Å². The molecule has 0 spiro atoms. The summed E-state index contributed by atoms with van der Waals surface area (Å²) in [7, 11) is 0. The van der Waals surface area contributed by atoms with Crippen molar-refractivity contribution in [1.82, 2.24) is 0 Å². The zero-order chi connectivity index (χ0) is 14.1. The van der Waals surface area contributed by atoms with Crippen molar-refractivity contribution in [2.75, 3.05) is 6.54 Å². The average Bonchev–Trinajstić information content (AvgIpc) is 2.51. The van der Waals surface area contributed by atoms with Crippen LogP contribution in [-0.2, 0) is 11.2 Å². The van der Waals surface area contributed by atoms with Gasteiger partial charge in [0.2, 0.25) is 0 Å². The topological polar surface area (TPSA) is 75.7 Å². The molecule has 0 fully saturated rings. The monoisotopic (exact) mass is 307 g/mol. The van der Waals surface area contributed by atoms with E-state index in [2.05, 4.69) is 0 Å². The molecule has 1 aliphatic rings. The number of benzene rings is 2. The Morgan fingerprint density at radius 1 is 1.10 bits per heavy atom. The molecule has 21 heavy (non-hydrogen) atoms. The summed E-state index contributed by atoms with van der Waals surface area (Å²) in [5, 5.41) is 19.7. The lowest BCUT2D eigenvalue weighted by molar-refractivity contribution is -0.0230. The fourth-order valence-corrected chi connectivity index (χ4v) is 2.71. The Morgan fingerprint density at radius 2 is 1.81 bits per heavy atom. The van der Waals surface area contributed by atoms with E-state index < -0.39 is 0 Å². The number of hydrogen-bond acceptors (Lipinski definition) is 4. The third-order valence-electron chi connectivity index (χ3n) is 3.75. The van der Waals surface area contributed by atoms with Gasteiger partial charge in [0.05, 0.1) is 12.2 Å². The van der Waals surface area contributed by atoms with Gasteiger partial charge in [-0.2, -0.15) is 0 Å². The van der Waals surface area contributed by atoms with Crippen LogP contribution in [0.25, 0.3) is 0 Å². The van der Waals surface area contributed by atoms with E-state index in [0.717, 1.165) is 16.7 Å². The zero-order valence-electron chi connectivity index (χ0n) is 11.4. The number of nitrogens with two attached hydrogens (primary N) is 1. The van der Waals surface area contributed by atoms with Crippen molar-refractivity contribution in [3.63, 3.8) is 0 Å². The van der Waals surface area contributed by atoms with Crippen molar-refractivity contribution in [2.24, 2.45) is 5.73 Å². The van der Waals surface area contributed by atoms with E-state index in [-0.39, 0.29) is 36.1 Å². The predicted molar refractivity (Wildman–Crippen MR) is 82.8 cm³/mol. The molecular weight excluding hydrogens is 290 g/mol. The summed E-state index contributed by atoms with van der Waals surface area (Å²) in [6.07, 6.45) is 0.0937. The lowest BCUT2D eigenvalue weighted by Crippen LogP contribution is -2.25. The number of phenols is 2. The maximum absolute atomic E-state index is 10.1. The first-order valence-electron chi connectivity index (χ1n) is 6.65. The molecule has 3 rings (SSSR count). The van der Waals surface area contributed by atoms with Crippen LogP contribution in [0.3, 0.4) is 0 Å². The molecule has 2 aromatic rings. The van der Waals surface area contributed by atoms with Gasteiger partial charge in [-0.3, -0.25) is 0 Å². The van der Waals surface area contributed by atoms with Crippen LogP contribution < -0.4 is 5.73 Å². The summed E-state index contributed by atoms with van der Waals surface area (Å²) in [6.45, 7) is 0.334. The van der Waals surface area contributed by atoms with Gasteiger partial charge in [0, 0.05) is 18.5 Å². The Morgan fingerprint density at radius 3 is 2.48 bits per heavy atom. The van der Waals surface area contributed by atoms with Crippen molar-refractivity contribution in [3.05, 3.63) is 59.2 Å². The van der Waals surface area contributed by atoms with Gasteiger partial charge in [-0.15, -0.1) is 12.4 Å². The maximum Gasteiger partial charge on any atom is 0.161 e. The maximum atomic E-state index is 10.1. The third-order valence-corrected chi connectivity index (χ3v) is 3.75. The summed E-state index contributed by atoms with van der Waals surface area (Å²) in [6, 6.07) is 13.1. The molecule has 0 radical (unpaired) electrons. The van der Waals surface area contributed by atoms with Crippen molar-refractivity contribution in [1.29, 1.82) is 0 Å². The molecule has 0 saturated heterocycles. The van der Waals surface area contributed by atoms with Gasteiger partial charge in [-0.1, -0.05) is 36.4 Å². The molecular formula is C16H18ClNO3. The molecule has 0 saturated carbocycles. The number of rotatable bonds is 2. The molecule has 4 N–H and O–H groups in total. The van der Waals surface area contributed by atoms with Gasteiger partial charge in [0.25, 0.3) is 0 Å². The van der Waals surface area contributed by atoms with E-state index in [1.807, 2.05) is 30.3 Å². The van der Waals surface area contributed by atoms with Crippen LogP contribution in [0.2, 0.25) is 0 Å². The highest BCUT2D eigenvalue weighted by molar-refractivity contribution is 5.85. The van der Waals surface area contributed by atoms with E-state index in [0.29, 0.717) is 13.0 Å².